The standard InChI is InChI=1S/C23H30N2O3/c1-22(2)13-28-19-5-4-17(9-18(19)25(3)21(22)27)24-20(26)23-10-14-6-15(11-23)8-16(7-14)12-23/h4-5,9,14-16H,6-8,10-13H2,1-3H3,(H,24,26). The monoisotopic (exact) mass is 382 g/mol. The van der Waals surface area contributed by atoms with Crippen LogP contribution in [0.25, 0.3) is 0 Å². The van der Waals surface area contributed by atoms with E-state index in [-0.39, 0.29) is 17.2 Å². The Morgan fingerprint density at radius 3 is 2.32 bits per heavy atom. The zero-order valence-electron chi connectivity index (χ0n) is 17.1. The molecule has 28 heavy (non-hydrogen) atoms. The summed E-state index contributed by atoms with van der Waals surface area (Å²) in [5, 5.41) is 3.19. The zero-order chi connectivity index (χ0) is 19.7. The maximum atomic E-state index is 13.3. The van der Waals surface area contributed by atoms with Crippen molar-refractivity contribution in [3.63, 3.8) is 0 Å². The summed E-state index contributed by atoms with van der Waals surface area (Å²) >= 11 is 0. The molecule has 4 fully saturated rings. The van der Waals surface area contributed by atoms with Crippen molar-refractivity contribution in [2.24, 2.45) is 28.6 Å². The van der Waals surface area contributed by atoms with E-state index < -0.39 is 5.41 Å². The molecule has 0 aromatic heterocycles. The zero-order valence-corrected chi connectivity index (χ0v) is 17.1. The normalized spacial score (nSPS) is 35.2. The number of nitrogens with zero attached hydrogens (tertiary/aromatic N) is 1. The summed E-state index contributed by atoms with van der Waals surface area (Å²) in [6.07, 6.45) is 7.12. The van der Waals surface area contributed by atoms with Gasteiger partial charge in [0.1, 0.15) is 12.4 Å². The lowest BCUT2D eigenvalue weighted by molar-refractivity contribution is -0.140. The smallest absolute Gasteiger partial charge is 0.235 e. The molecule has 1 heterocycles. The molecule has 4 saturated carbocycles. The van der Waals surface area contributed by atoms with Gasteiger partial charge in [-0.2, -0.15) is 0 Å². The molecule has 1 aromatic carbocycles. The van der Waals surface area contributed by atoms with Crippen LogP contribution in [0.4, 0.5) is 11.4 Å². The maximum Gasteiger partial charge on any atom is 0.235 e. The molecule has 4 bridgehead atoms. The predicted octanol–water partition coefficient (Wildman–Crippen LogP) is 4.22. The van der Waals surface area contributed by atoms with Crippen LogP contribution in [-0.2, 0) is 9.59 Å². The highest BCUT2D eigenvalue weighted by atomic mass is 16.5. The third kappa shape index (κ3) is 2.73. The Morgan fingerprint density at radius 1 is 1.11 bits per heavy atom. The van der Waals surface area contributed by atoms with E-state index in [1.165, 1.54) is 19.3 Å². The number of carbonyl (C=O) groups is 2. The van der Waals surface area contributed by atoms with Gasteiger partial charge in [-0.05, 0) is 88.3 Å². The van der Waals surface area contributed by atoms with Gasteiger partial charge in [-0.3, -0.25) is 9.59 Å². The molecule has 1 aliphatic heterocycles. The van der Waals surface area contributed by atoms with Gasteiger partial charge in [0.05, 0.1) is 16.5 Å². The number of fused-ring (bicyclic) bond motifs is 1. The van der Waals surface area contributed by atoms with E-state index in [9.17, 15) is 9.59 Å². The van der Waals surface area contributed by atoms with Gasteiger partial charge in [0, 0.05) is 12.7 Å². The molecular weight excluding hydrogens is 352 g/mol. The summed E-state index contributed by atoms with van der Waals surface area (Å²) < 4.78 is 5.89. The molecule has 0 radical (unpaired) electrons. The Balaban J connectivity index is 1.39. The summed E-state index contributed by atoms with van der Waals surface area (Å²) in [5.74, 6) is 3.11. The molecule has 0 unspecified atom stereocenters. The van der Waals surface area contributed by atoms with Gasteiger partial charge >= 0.3 is 0 Å². The van der Waals surface area contributed by atoms with Crippen LogP contribution < -0.4 is 15.0 Å². The van der Waals surface area contributed by atoms with Crippen LogP contribution in [0, 0.1) is 28.6 Å². The van der Waals surface area contributed by atoms with Crippen LogP contribution in [0.3, 0.4) is 0 Å². The van der Waals surface area contributed by atoms with Crippen molar-refractivity contribution in [2.45, 2.75) is 52.4 Å². The number of hydrogen-bond donors (Lipinski definition) is 1. The Kier molecular flexibility index (Phi) is 3.85. The first-order valence-electron chi connectivity index (χ1n) is 10.6. The minimum Gasteiger partial charge on any atom is -0.490 e. The van der Waals surface area contributed by atoms with Gasteiger partial charge in [0.2, 0.25) is 11.8 Å². The second-order valence-corrected chi connectivity index (χ2v) is 10.4. The van der Waals surface area contributed by atoms with E-state index >= 15 is 0 Å². The number of carbonyl (C=O) groups excluding carboxylic acids is 2. The van der Waals surface area contributed by atoms with Crippen LogP contribution in [0.5, 0.6) is 5.75 Å². The van der Waals surface area contributed by atoms with Gasteiger partial charge in [-0.15, -0.1) is 0 Å². The quantitative estimate of drug-likeness (QED) is 0.833. The Labute approximate surface area is 166 Å². The lowest BCUT2D eigenvalue weighted by atomic mass is 9.49. The fourth-order valence-electron chi connectivity index (χ4n) is 6.52. The summed E-state index contributed by atoms with van der Waals surface area (Å²) in [7, 11) is 1.78. The topological polar surface area (TPSA) is 58.6 Å². The first kappa shape index (κ1) is 18.0. The fourth-order valence-corrected chi connectivity index (χ4v) is 6.52. The van der Waals surface area contributed by atoms with Gasteiger partial charge in [-0.25, -0.2) is 0 Å². The molecule has 150 valence electrons. The molecule has 0 saturated heterocycles. The van der Waals surface area contributed by atoms with Crippen LogP contribution in [0.15, 0.2) is 18.2 Å². The minimum atomic E-state index is -0.573. The highest BCUT2D eigenvalue weighted by Crippen LogP contribution is 2.60. The highest BCUT2D eigenvalue weighted by Gasteiger charge is 2.54. The number of rotatable bonds is 2. The number of nitrogens with one attached hydrogen (secondary N) is 1. The van der Waals surface area contributed by atoms with E-state index in [4.69, 9.17) is 4.74 Å². The molecule has 4 aliphatic carbocycles. The molecular formula is C23H30N2O3. The van der Waals surface area contributed by atoms with Crippen LogP contribution in [0.2, 0.25) is 0 Å². The molecule has 2 amide bonds. The average molecular weight is 383 g/mol. The number of anilines is 2. The van der Waals surface area contributed by atoms with Gasteiger partial charge in [-0.1, -0.05) is 0 Å². The maximum absolute atomic E-state index is 13.3. The summed E-state index contributed by atoms with van der Waals surface area (Å²) in [4.78, 5) is 27.7. The van der Waals surface area contributed by atoms with Gasteiger partial charge in [0.25, 0.3) is 0 Å². The molecule has 6 rings (SSSR count). The first-order valence-corrected chi connectivity index (χ1v) is 10.6. The van der Waals surface area contributed by atoms with Crippen molar-refractivity contribution in [3.8, 4) is 5.75 Å². The number of hydrogen-bond acceptors (Lipinski definition) is 3. The van der Waals surface area contributed by atoms with Crippen molar-refractivity contribution in [2.75, 3.05) is 23.9 Å². The van der Waals surface area contributed by atoms with Crippen molar-refractivity contribution >= 4 is 23.2 Å². The molecule has 5 nitrogen and oxygen atoms in total. The first-order chi connectivity index (χ1) is 13.3. The largest absolute Gasteiger partial charge is 0.490 e. The van der Waals surface area contributed by atoms with Gasteiger partial charge < -0.3 is 15.0 Å². The number of benzene rings is 1. The molecule has 5 heteroatoms. The second-order valence-electron chi connectivity index (χ2n) is 10.4. The summed E-state index contributed by atoms with van der Waals surface area (Å²) in [6, 6.07) is 5.65. The SMILES string of the molecule is CN1C(=O)C(C)(C)COc2ccc(NC(=O)C34CC5CC(CC(C5)C3)C4)cc21. The lowest BCUT2D eigenvalue weighted by Crippen LogP contribution is -2.51. The Morgan fingerprint density at radius 2 is 1.71 bits per heavy atom. The molecule has 5 aliphatic rings. The second kappa shape index (κ2) is 5.98. The fraction of sp³-hybridized carbons (Fsp3) is 0.652. The molecule has 1 aromatic rings. The van der Waals surface area contributed by atoms with Crippen molar-refractivity contribution < 1.29 is 14.3 Å². The molecule has 1 N–H and O–H groups in total. The third-order valence-corrected chi connectivity index (χ3v) is 7.57. The number of ether oxygens (including phenoxy) is 1. The summed E-state index contributed by atoms with van der Waals surface area (Å²) in [5.41, 5.74) is 0.722. The van der Waals surface area contributed by atoms with E-state index in [0.717, 1.165) is 48.4 Å². The third-order valence-electron chi connectivity index (χ3n) is 7.57. The lowest BCUT2D eigenvalue weighted by Gasteiger charge is -2.55. The van der Waals surface area contributed by atoms with Crippen LogP contribution in [-0.4, -0.2) is 25.5 Å². The van der Waals surface area contributed by atoms with E-state index in [2.05, 4.69) is 5.32 Å². The van der Waals surface area contributed by atoms with Crippen molar-refractivity contribution in [1.82, 2.24) is 0 Å². The van der Waals surface area contributed by atoms with E-state index in [1.54, 1.807) is 11.9 Å². The average Bonchev–Trinajstić information content (AvgIpc) is 2.71. The van der Waals surface area contributed by atoms with Crippen LogP contribution in [0.1, 0.15) is 52.4 Å². The van der Waals surface area contributed by atoms with Crippen molar-refractivity contribution in [3.05, 3.63) is 18.2 Å². The Hall–Kier alpha value is -2.04. The molecule has 0 spiro atoms. The van der Waals surface area contributed by atoms with Crippen LogP contribution >= 0.6 is 0 Å². The minimum absolute atomic E-state index is 0.0239. The summed E-state index contributed by atoms with van der Waals surface area (Å²) in [6.45, 7) is 4.14. The van der Waals surface area contributed by atoms with Crippen molar-refractivity contribution in [1.29, 1.82) is 0 Å². The van der Waals surface area contributed by atoms with E-state index in [0.29, 0.717) is 12.4 Å². The predicted molar refractivity (Wildman–Crippen MR) is 108 cm³/mol. The van der Waals surface area contributed by atoms with E-state index in [1.807, 2.05) is 32.0 Å². The number of amides is 2. The highest BCUT2D eigenvalue weighted by molar-refractivity contribution is 6.01. The molecule has 0 atom stereocenters. The van der Waals surface area contributed by atoms with Gasteiger partial charge in [0.15, 0.2) is 0 Å². The Bertz CT molecular complexity index is 809.